The number of benzene rings is 1. The van der Waals surface area contributed by atoms with E-state index in [1.807, 2.05) is 6.92 Å². The van der Waals surface area contributed by atoms with Crippen LogP contribution in [-0.4, -0.2) is 4.98 Å². The van der Waals surface area contributed by atoms with Crippen LogP contribution in [-0.2, 0) is 6.42 Å². The fourth-order valence-electron chi connectivity index (χ4n) is 1.53. The maximum atomic E-state index is 11.8. The summed E-state index contributed by atoms with van der Waals surface area (Å²) in [5.41, 5.74) is 1.60. The second-order valence-electron chi connectivity index (χ2n) is 3.29. The number of hydrogen-bond donors (Lipinski definition) is 1. The average Bonchev–Trinajstić information content (AvgIpc) is 2.23. The molecule has 0 aliphatic heterocycles. The van der Waals surface area contributed by atoms with E-state index in [4.69, 9.17) is 11.6 Å². The zero-order valence-corrected chi connectivity index (χ0v) is 10.4. The molecule has 2 rings (SSSR count). The van der Waals surface area contributed by atoms with Crippen molar-refractivity contribution in [3.63, 3.8) is 0 Å². The highest BCUT2D eigenvalue weighted by Gasteiger charge is 2.08. The first-order chi connectivity index (χ1) is 7.13. The SMILES string of the molecule is CCc1cc(=O)c2c(Br)ccc(Cl)c2[nH]1. The van der Waals surface area contributed by atoms with Crippen molar-refractivity contribution in [2.45, 2.75) is 13.3 Å². The van der Waals surface area contributed by atoms with Crippen LogP contribution in [0.2, 0.25) is 5.02 Å². The van der Waals surface area contributed by atoms with Gasteiger partial charge in [0.25, 0.3) is 0 Å². The van der Waals surface area contributed by atoms with Gasteiger partial charge in [0.1, 0.15) is 0 Å². The molecule has 0 radical (unpaired) electrons. The third-order valence-electron chi connectivity index (χ3n) is 2.32. The van der Waals surface area contributed by atoms with Crippen molar-refractivity contribution in [1.29, 1.82) is 0 Å². The van der Waals surface area contributed by atoms with E-state index in [-0.39, 0.29) is 5.43 Å². The van der Waals surface area contributed by atoms with E-state index in [1.54, 1.807) is 18.2 Å². The number of hydrogen-bond acceptors (Lipinski definition) is 1. The van der Waals surface area contributed by atoms with Crippen LogP contribution in [0.1, 0.15) is 12.6 Å². The van der Waals surface area contributed by atoms with Crippen LogP contribution in [0, 0.1) is 0 Å². The van der Waals surface area contributed by atoms with E-state index in [0.717, 1.165) is 16.6 Å². The summed E-state index contributed by atoms with van der Waals surface area (Å²) in [6, 6.07) is 5.16. The highest BCUT2D eigenvalue weighted by molar-refractivity contribution is 9.10. The predicted molar refractivity (Wildman–Crippen MR) is 66.7 cm³/mol. The number of aromatic amines is 1. The van der Waals surface area contributed by atoms with Gasteiger partial charge in [-0.25, -0.2) is 0 Å². The molecule has 0 bridgehead atoms. The van der Waals surface area contributed by atoms with Crippen LogP contribution in [0.3, 0.4) is 0 Å². The van der Waals surface area contributed by atoms with Gasteiger partial charge in [-0.2, -0.15) is 0 Å². The standard InChI is InChI=1S/C11H9BrClNO/c1-2-6-5-9(15)10-7(12)3-4-8(13)11(10)14-6/h3-5H,2H2,1H3,(H,14,15). The summed E-state index contributed by atoms with van der Waals surface area (Å²) in [5, 5.41) is 1.18. The molecular weight excluding hydrogens is 277 g/mol. The van der Waals surface area contributed by atoms with Crippen LogP contribution in [0.25, 0.3) is 10.9 Å². The third kappa shape index (κ3) is 1.82. The number of halogens is 2. The highest BCUT2D eigenvalue weighted by Crippen LogP contribution is 2.26. The smallest absolute Gasteiger partial charge is 0.190 e. The second-order valence-corrected chi connectivity index (χ2v) is 4.55. The first kappa shape index (κ1) is 10.7. The summed E-state index contributed by atoms with van der Waals surface area (Å²) in [5.74, 6) is 0. The molecule has 2 nitrogen and oxygen atoms in total. The lowest BCUT2D eigenvalue weighted by Crippen LogP contribution is -2.05. The van der Waals surface area contributed by atoms with Crippen LogP contribution >= 0.6 is 27.5 Å². The first-order valence-electron chi connectivity index (χ1n) is 4.63. The fourth-order valence-corrected chi connectivity index (χ4v) is 2.26. The van der Waals surface area contributed by atoms with Crippen molar-refractivity contribution in [2.75, 3.05) is 0 Å². The van der Waals surface area contributed by atoms with Gasteiger partial charge in [-0.3, -0.25) is 4.79 Å². The van der Waals surface area contributed by atoms with E-state index in [9.17, 15) is 4.79 Å². The summed E-state index contributed by atoms with van der Waals surface area (Å²) < 4.78 is 0.769. The Morgan fingerprint density at radius 3 is 2.87 bits per heavy atom. The lowest BCUT2D eigenvalue weighted by molar-refractivity contribution is 1.05. The van der Waals surface area contributed by atoms with Crippen molar-refractivity contribution in [2.24, 2.45) is 0 Å². The summed E-state index contributed by atoms with van der Waals surface area (Å²) in [6.07, 6.45) is 0.786. The van der Waals surface area contributed by atoms with Crippen molar-refractivity contribution in [3.8, 4) is 0 Å². The maximum Gasteiger partial charge on any atom is 0.190 e. The second kappa shape index (κ2) is 3.99. The maximum absolute atomic E-state index is 11.8. The minimum Gasteiger partial charge on any atom is -0.357 e. The van der Waals surface area contributed by atoms with Gasteiger partial charge in [-0.05, 0) is 34.5 Å². The number of rotatable bonds is 1. The molecule has 0 atom stereocenters. The molecule has 0 aliphatic carbocycles. The molecule has 1 N–H and O–H groups in total. The van der Waals surface area contributed by atoms with Crippen molar-refractivity contribution >= 4 is 38.4 Å². The molecule has 0 saturated heterocycles. The minimum atomic E-state index is -0.00465. The summed E-state index contributed by atoms with van der Waals surface area (Å²) in [6.45, 7) is 1.99. The number of pyridine rings is 1. The van der Waals surface area contributed by atoms with Crippen LogP contribution in [0.15, 0.2) is 27.5 Å². The molecule has 0 saturated carbocycles. The van der Waals surface area contributed by atoms with Gasteiger partial charge in [0, 0.05) is 16.2 Å². The number of nitrogens with one attached hydrogen (secondary N) is 1. The largest absolute Gasteiger partial charge is 0.357 e. The van der Waals surface area contributed by atoms with Gasteiger partial charge in [0.05, 0.1) is 15.9 Å². The highest BCUT2D eigenvalue weighted by atomic mass is 79.9. The van der Waals surface area contributed by atoms with Crippen molar-refractivity contribution < 1.29 is 0 Å². The van der Waals surface area contributed by atoms with Gasteiger partial charge < -0.3 is 4.98 Å². The Balaban J connectivity index is 2.97. The van der Waals surface area contributed by atoms with Gasteiger partial charge in [-0.1, -0.05) is 18.5 Å². The number of H-pyrrole nitrogens is 1. The Hall–Kier alpha value is -0.800. The molecule has 0 aliphatic rings. The molecular formula is C11H9BrClNO. The molecule has 0 amide bonds. The Morgan fingerprint density at radius 1 is 1.47 bits per heavy atom. The topological polar surface area (TPSA) is 32.9 Å². The first-order valence-corrected chi connectivity index (χ1v) is 5.80. The van der Waals surface area contributed by atoms with Gasteiger partial charge in [0.2, 0.25) is 0 Å². The van der Waals surface area contributed by atoms with Crippen molar-refractivity contribution in [1.82, 2.24) is 4.98 Å². The quantitative estimate of drug-likeness (QED) is 0.855. The van der Waals surface area contributed by atoms with Crippen molar-refractivity contribution in [3.05, 3.63) is 43.6 Å². The molecule has 0 unspecified atom stereocenters. The van der Waals surface area contributed by atoms with E-state index in [1.165, 1.54) is 0 Å². The van der Waals surface area contributed by atoms with Crippen LogP contribution in [0.5, 0.6) is 0 Å². The summed E-state index contributed by atoms with van der Waals surface area (Å²) in [4.78, 5) is 15.0. The monoisotopic (exact) mass is 285 g/mol. The molecule has 78 valence electrons. The van der Waals surface area contributed by atoms with Crippen LogP contribution in [0.4, 0.5) is 0 Å². The zero-order valence-electron chi connectivity index (χ0n) is 8.10. The molecule has 2 aromatic rings. The Labute approximate surface area is 100 Å². The molecule has 1 aromatic heterocycles. The number of aryl methyl sites for hydroxylation is 1. The molecule has 0 fully saturated rings. The van der Waals surface area contributed by atoms with E-state index < -0.39 is 0 Å². The molecule has 15 heavy (non-hydrogen) atoms. The van der Waals surface area contributed by atoms with Crippen LogP contribution < -0.4 is 5.43 Å². The van der Waals surface area contributed by atoms with Gasteiger partial charge in [0.15, 0.2) is 5.43 Å². The minimum absolute atomic E-state index is 0.00465. The van der Waals surface area contributed by atoms with E-state index in [2.05, 4.69) is 20.9 Å². The molecule has 1 heterocycles. The predicted octanol–water partition coefficient (Wildman–Crippen LogP) is 3.51. The lowest BCUT2D eigenvalue weighted by atomic mass is 10.2. The third-order valence-corrected chi connectivity index (χ3v) is 3.30. The zero-order chi connectivity index (χ0) is 11.0. The summed E-state index contributed by atoms with van der Waals surface area (Å²) in [7, 11) is 0. The number of aromatic nitrogens is 1. The normalized spacial score (nSPS) is 10.9. The molecule has 1 aromatic carbocycles. The summed E-state index contributed by atoms with van der Waals surface area (Å²) >= 11 is 9.39. The average molecular weight is 287 g/mol. The van der Waals surface area contributed by atoms with E-state index >= 15 is 0 Å². The van der Waals surface area contributed by atoms with E-state index in [0.29, 0.717) is 15.9 Å². The molecule has 4 heteroatoms. The Bertz CT molecular complexity index is 577. The Morgan fingerprint density at radius 2 is 2.20 bits per heavy atom. The Kier molecular flexibility index (Phi) is 2.85. The molecule has 0 spiro atoms. The number of fused-ring (bicyclic) bond motifs is 1. The fraction of sp³-hybridized carbons (Fsp3) is 0.182. The lowest BCUT2D eigenvalue weighted by Gasteiger charge is -2.05. The van der Waals surface area contributed by atoms with Gasteiger partial charge >= 0.3 is 0 Å². The van der Waals surface area contributed by atoms with Gasteiger partial charge in [-0.15, -0.1) is 0 Å².